The zero-order valence-corrected chi connectivity index (χ0v) is 17.5. The molecule has 1 heterocycles. The summed E-state index contributed by atoms with van der Waals surface area (Å²) >= 11 is 1.37. The van der Waals surface area contributed by atoms with Crippen LogP contribution in [0.3, 0.4) is 0 Å². The minimum atomic E-state index is -0.468. The van der Waals surface area contributed by atoms with Crippen LogP contribution in [0.5, 0.6) is 5.75 Å². The molecule has 5 nitrogen and oxygen atoms in total. The van der Waals surface area contributed by atoms with E-state index in [0.717, 1.165) is 27.3 Å². The maximum atomic E-state index is 12.6. The fourth-order valence-corrected chi connectivity index (χ4v) is 4.19. The summed E-state index contributed by atoms with van der Waals surface area (Å²) in [5, 5.41) is 3.40. The van der Waals surface area contributed by atoms with Gasteiger partial charge in [0.2, 0.25) is 5.91 Å². The number of thiophene rings is 1. The second-order valence-electron chi connectivity index (χ2n) is 6.40. The molecule has 0 unspecified atom stereocenters. The number of nitrogens with one attached hydrogen (secondary N) is 1. The summed E-state index contributed by atoms with van der Waals surface area (Å²) in [7, 11) is 1.34. The standard InChI is InChI=1S/C23H23NO4S/c1-4-28-18-12-10-16(11-13-18)14-19(25)24-22-21(23(26)27-3)20(15(2)29-22)17-8-6-5-7-9-17/h5-13H,4,14H2,1-3H3,(H,24,25). The minimum absolute atomic E-state index is 0.194. The molecule has 0 radical (unpaired) electrons. The number of hydrogen-bond donors (Lipinski definition) is 1. The highest BCUT2D eigenvalue weighted by Crippen LogP contribution is 2.40. The monoisotopic (exact) mass is 409 g/mol. The van der Waals surface area contributed by atoms with Crippen molar-refractivity contribution in [2.45, 2.75) is 20.3 Å². The summed E-state index contributed by atoms with van der Waals surface area (Å²) < 4.78 is 10.4. The van der Waals surface area contributed by atoms with Gasteiger partial charge in [-0.25, -0.2) is 4.79 Å². The highest BCUT2D eigenvalue weighted by atomic mass is 32.1. The van der Waals surface area contributed by atoms with E-state index >= 15 is 0 Å². The van der Waals surface area contributed by atoms with Crippen LogP contribution >= 0.6 is 11.3 Å². The number of rotatable bonds is 7. The molecule has 0 aliphatic carbocycles. The summed E-state index contributed by atoms with van der Waals surface area (Å²) in [6.07, 6.45) is 0.199. The Morgan fingerprint density at radius 2 is 1.72 bits per heavy atom. The fourth-order valence-electron chi connectivity index (χ4n) is 3.11. The lowest BCUT2D eigenvalue weighted by molar-refractivity contribution is -0.115. The number of benzene rings is 2. The third-order valence-corrected chi connectivity index (χ3v) is 5.41. The average molecular weight is 410 g/mol. The first-order chi connectivity index (χ1) is 14.0. The summed E-state index contributed by atoms with van der Waals surface area (Å²) in [6, 6.07) is 17.0. The van der Waals surface area contributed by atoms with Gasteiger partial charge in [-0.05, 0) is 37.1 Å². The maximum absolute atomic E-state index is 12.6. The van der Waals surface area contributed by atoms with Crippen molar-refractivity contribution in [1.82, 2.24) is 0 Å². The molecule has 3 aromatic rings. The van der Waals surface area contributed by atoms with E-state index in [4.69, 9.17) is 9.47 Å². The van der Waals surface area contributed by atoms with Gasteiger partial charge in [0.25, 0.3) is 0 Å². The summed E-state index contributed by atoms with van der Waals surface area (Å²) in [6.45, 7) is 4.45. The molecule has 0 aliphatic heterocycles. The van der Waals surface area contributed by atoms with Crippen LogP contribution in [-0.4, -0.2) is 25.6 Å². The largest absolute Gasteiger partial charge is 0.494 e. The third-order valence-electron chi connectivity index (χ3n) is 4.39. The third kappa shape index (κ3) is 4.84. The van der Waals surface area contributed by atoms with Crippen molar-refractivity contribution in [3.8, 4) is 16.9 Å². The van der Waals surface area contributed by atoms with E-state index in [0.29, 0.717) is 17.2 Å². The van der Waals surface area contributed by atoms with E-state index in [1.807, 2.05) is 68.4 Å². The van der Waals surface area contributed by atoms with Crippen LogP contribution in [0.4, 0.5) is 5.00 Å². The SMILES string of the molecule is CCOc1ccc(CC(=O)Nc2sc(C)c(-c3ccccc3)c2C(=O)OC)cc1. The first kappa shape index (κ1) is 20.6. The molecule has 0 saturated carbocycles. The van der Waals surface area contributed by atoms with E-state index in [9.17, 15) is 9.59 Å². The van der Waals surface area contributed by atoms with Crippen LogP contribution in [0.1, 0.15) is 27.7 Å². The van der Waals surface area contributed by atoms with E-state index in [-0.39, 0.29) is 12.3 Å². The Kier molecular flexibility index (Phi) is 6.67. The lowest BCUT2D eigenvalue weighted by atomic mass is 10.0. The van der Waals surface area contributed by atoms with Gasteiger partial charge in [-0.2, -0.15) is 0 Å². The molecule has 150 valence electrons. The van der Waals surface area contributed by atoms with Crippen LogP contribution in [0.2, 0.25) is 0 Å². The van der Waals surface area contributed by atoms with Gasteiger partial charge in [0.1, 0.15) is 16.3 Å². The Hall–Kier alpha value is -3.12. The predicted octanol–water partition coefficient (Wildman–Crippen LogP) is 5.09. The van der Waals surface area contributed by atoms with Gasteiger partial charge >= 0.3 is 5.97 Å². The Morgan fingerprint density at radius 3 is 2.34 bits per heavy atom. The Morgan fingerprint density at radius 1 is 1.03 bits per heavy atom. The van der Waals surface area contributed by atoms with Crippen molar-refractivity contribution in [3.05, 3.63) is 70.6 Å². The number of carbonyl (C=O) groups is 2. The fraction of sp³-hybridized carbons (Fsp3) is 0.217. The summed E-state index contributed by atoms with van der Waals surface area (Å²) in [5.41, 5.74) is 2.95. The first-order valence-corrected chi connectivity index (χ1v) is 10.1. The predicted molar refractivity (Wildman–Crippen MR) is 116 cm³/mol. The van der Waals surface area contributed by atoms with Gasteiger partial charge in [0.15, 0.2) is 0 Å². The van der Waals surface area contributed by atoms with Crippen LogP contribution < -0.4 is 10.1 Å². The molecule has 0 saturated heterocycles. The molecule has 29 heavy (non-hydrogen) atoms. The van der Waals surface area contributed by atoms with Gasteiger partial charge < -0.3 is 14.8 Å². The molecular weight excluding hydrogens is 386 g/mol. The lowest BCUT2D eigenvalue weighted by Crippen LogP contribution is -2.16. The number of hydrogen-bond acceptors (Lipinski definition) is 5. The number of ether oxygens (including phenoxy) is 2. The summed E-state index contributed by atoms with van der Waals surface area (Å²) in [5.74, 6) is 0.107. The number of methoxy groups -OCH3 is 1. The molecule has 6 heteroatoms. The van der Waals surface area contributed by atoms with Gasteiger partial charge in [-0.1, -0.05) is 42.5 Å². The molecule has 1 amide bonds. The topological polar surface area (TPSA) is 64.6 Å². The molecule has 0 spiro atoms. The van der Waals surface area contributed by atoms with Crippen molar-refractivity contribution in [3.63, 3.8) is 0 Å². The van der Waals surface area contributed by atoms with Gasteiger partial charge in [0.05, 0.1) is 20.1 Å². The lowest BCUT2D eigenvalue weighted by Gasteiger charge is -2.09. The number of carbonyl (C=O) groups excluding carboxylic acids is 2. The molecule has 0 bridgehead atoms. The van der Waals surface area contributed by atoms with Gasteiger partial charge in [-0.3, -0.25) is 4.79 Å². The van der Waals surface area contributed by atoms with Crippen molar-refractivity contribution in [1.29, 1.82) is 0 Å². The minimum Gasteiger partial charge on any atom is -0.494 e. The van der Waals surface area contributed by atoms with E-state index in [1.165, 1.54) is 18.4 Å². The molecule has 1 aromatic heterocycles. The Labute approximate surface area is 174 Å². The van der Waals surface area contributed by atoms with Crippen LogP contribution in [-0.2, 0) is 16.0 Å². The molecular formula is C23H23NO4S. The summed E-state index contributed by atoms with van der Waals surface area (Å²) in [4.78, 5) is 26.1. The molecule has 0 aliphatic rings. The van der Waals surface area contributed by atoms with Gasteiger partial charge in [0, 0.05) is 10.4 Å². The second kappa shape index (κ2) is 9.39. The highest BCUT2D eigenvalue weighted by Gasteiger charge is 2.25. The van der Waals surface area contributed by atoms with E-state index < -0.39 is 5.97 Å². The molecule has 1 N–H and O–H groups in total. The smallest absolute Gasteiger partial charge is 0.341 e. The Bertz CT molecular complexity index is 994. The molecule has 3 rings (SSSR count). The van der Waals surface area contributed by atoms with E-state index in [1.54, 1.807) is 0 Å². The highest BCUT2D eigenvalue weighted by molar-refractivity contribution is 7.17. The van der Waals surface area contributed by atoms with Crippen LogP contribution in [0.15, 0.2) is 54.6 Å². The van der Waals surface area contributed by atoms with Crippen LogP contribution in [0.25, 0.3) is 11.1 Å². The quantitative estimate of drug-likeness (QED) is 0.552. The van der Waals surface area contributed by atoms with Crippen LogP contribution in [0, 0.1) is 6.92 Å². The van der Waals surface area contributed by atoms with Crippen molar-refractivity contribution >= 4 is 28.2 Å². The number of esters is 1. The molecule has 0 atom stereocenters. The number of anilines is 1. The van der Waals surface area contributed by atoms with Gasteiger partial charge in [-0.15, -0.1) is 11.3 Å². The maximum Gasteiger partial charge on any atom is 0.341 e. The zero-order chi connectivity index (χ0) is 20.8. The number of aryl methyl sites for hydroxylation is 1. The Balaban J connectivity index is 1.84. The van der Waals surface area contributed by atoms with Crippen molar-refractivity contribution in [2.75, 3.05) is 19.0 Å². The van der Waals surface area contributed by atoms with Crippen molar-refractivity contribution in [2.24, 2.45) is 0 Å². The van der Waals surface area contributed by atoms with Crippen molar-refractivity contribution < 1.29 is 19.1 Å². The zero-order valence-electron chi connectivity index (χ0n) is 16.7. The van der Waals surface area contributed by atoms with E-state index in [2.05, 4.69) is 5.32 Å². The molecule has 2 aromatic carbocycles. The molecule has 0 fully saturated rings. The normalized spacial score (nSPS) is 10.4. The number of amides is 1. The first-order valence-electron chi connectivity index (χ1n) is 9.32. The average Bonchev–Trinajstić information content (AvgIpc) is 3.05. The second-order valence-corrected chi connectivity index (χ2v) is 7.62.